The molecule has 5 nitrogen and oxygen atoms in total. The number of nitrogen functional groups attached to an aromatic ring is 2. The Labute approximate surface area is 112 Å². The van der Waals surface area contributed by atoms with E-state index in [1.165, 1.54) is 0 Å². The molecule has 0 heterocycles. The highest BCUT2D eigenvalue weighted by atomic mass is 16.1. The van der Waals surface area contributed by atoms with Gasteiger partial charge >= 0.3 is 0 Å². The van der Waals surface area contributed by atoms with Crippen molar-refractivity contribution in [3.05, 3.63) is 48.5 Å². The number of anilines is 4. The third kappa shape index (κ3) is 4.99. The Kier molecular flexibility index (Phi) is 5.75. The number of carbonyl (C=O) groups is 1. The first-order chi connectivity index (χ1) is 9.17. The molecule has 0 aliphatic heterocycles. The number of nitrogens with two attached hydrogens (primary N) is 2. The standard InChI is InChI=1S/C7H8N2O.C7H10N2/c8-6-1-3-7(4-2-6)9-5-10;1-9-7-5-3-2-4-6(7)8/h1-5H,8H2,(H,9,10);2-5,9H,8H2,1H3. The van der Waals surface area contributed by atoms with Crippen LogP contribution in [-0.2, 0) is 4.79 Å². The van der Waals surface area contributed by atoms with Gasteiger partial charge in [0.25, 0.3) is 0 Å². The molecule has 0 bridgehead atoms. The van der Waals surface area contributed by atoms with Gasteiger partial charge in [-0.25, -0.2) is 0 Å². The zero-order valence-electron chi connectivity index (χ0n) is 10.8. The van der Waals surface area contributed by atoms with Gasteiger partial charge in [-0.05, 0) is 36.4 Å². The quantitative estimate of drug-likeness (QED) is 0.501. The summed E-state index contributed by atoms with van der Waals surface area (Å²) in [6.45, 7) is 0. The smallest absolute Gasteiger partial charge is 0.211 e. The molecule has 2 rings (SSSR count). The van der Waals surface area contributed by atoms with E-state index < -0.39 is 0 Å². The van der Waals surface area contributed by atoms with Gasteiger partial charge in [-0.1, -0.05) is 12.1 Å². The van der Waals surface area contributed by atoms with Gasteiger partial charge in [0.15, 0.2) is 0 Å². The Balaban J connectivity index is 0.000000191. The van der Waals surface area contributed by atoms with Crippen molar-refractivity contribution in [3.63, 3.8) is 0 Å². The second-order valence-electron chi connectivity index (χ2n) is 3.72. The number of nitrogens with one attached hydrogen (secondary N) is 2. The average Bonchev–Trinajstić information content (AvgIpc) is 2.43. The molecule has 0 fully saturated rings. The predicted molar refractivity (Wildman–Crippen MR) is 80.9 cm³/mol. The van der Waals surface area contributed by atoms with E-state index in [-0.39, 0.29) is 0 Å². The Morgan fingerprint density at radius 3 is 2.11 bits per heavy atom. The second-order valence-corrected chi connectivity index (χ2v) is 3.72. The minimum absolute atomic E-state index is 0.630. The van der Waals surface area contributed by atoms with Crippen LogP contribution in [0.3, 0.4) is 0 Å². The maximum absolute atomic E-state index is 9.92. The van der Waals surface area contributed by atoms with Gasteiger partial charge in [-0.3, -0.25) is 4.79 Å². The number of hydrogen-bond donors (Lipinski definition) is 4. The van der Waals surface area contributed by atoms with E-state index in [2.05, 4.69) is 10.6 Å². The third-order valence-electron chi connectivity index (χ3n) is 2.37. The van der Waals surface area contributed by atoms with Crippen LogP contribution in [0.15, 0.2) is 48.5 Å². The van der Waals surface area contributed by atoms with Gasteiger partial charge in [0.2, 0.25) is 6.41 Å². The molecule has 5 heteroatoms. The van der Waals surface area contributed by atoms with E-state index in [0.717, 1.165) is 17.1 Å². The molecule has 0 radical (unpaired) electrons. The number of carbonyl (C=O) groups excluding carboxylic acids is 1. The fourth-order valence-electron chi connectivity index (χ4n) is 1.37. The molecule has 100 valence electrons. The molecule has 0 saturated heterocycles. The Morgan fingerprint density at radius 2 is 1.63 bits per heavy atom. The highest BCUT2D eigenvalue weighted by Gasteiger charge is 1.89. The number of rotatable bonds is 3. The van der Waals surface area contributed by atoms with Gasteiger partial charge in [-0.2, -0.15) is 0 Å². The first-order valence-electron chi connectivity index (χ1n) is 5.75. The van der Waals surface area contributed by atoms with Crippen molar-refractivity contribution >= 4 is 29.2 Å². The van der Waals surface area contributed by atoms with Crippen LogP contribution in [0.5, 0.6) is 0 Å². The molecule has 0 aromatic heterocycles. The average molecular weight is 258 g/mol. The number of amides is 1. The molecule has 2 aromatic carbocycles. The summed E-state index contributed by atoms with van der Waals surface area (Å²) in [5.74, 6) is 0. The van der Waals surface area contributed by atoms with Gasteiger partial charge in [0, 0.05) is 18.4 Å². The fraction of sp³-hybridized carbons (Fsp3) is 0.0714. The Morgan fingerprint density at radius 1 is 1.00 bits per heavy atom. The fourth-order valence-corrected chi connectivity index (χ4v) is 1.37. The summed E-state index contributed by atoms with van der Waals surface area (Å²) in [5, 5.41) is 5.47. The van der Waals surface area contributed by atoms with Crippen molar-refractivity contribution in [1.82, 2.24) is 0 Å². The van der Waals surface area contributed by atoms with Crippen LogP contribution in [0, 0.1) is 0 Å². The topological polar surface area (TPSA) is 93.2 Å². The van der Waals surface area contributed by atoms with Gasteiger partial charge in [0.05, 0.1) is 11.4 Å². The molecule has 0 atom stereocenters. The molecule has 0 aliphatic rings. The minimum atomic E-state index is 0.630. The van der Waals surface area contributed by atoms with E-state index in [9.17, 15) is 4.79 Å². The summed E-state index contributed by atoms with van der Waals surface area (Å²) in [5.41, 5.74) is 14.2. The van der Waals surface area contributed by atoms with E-state index in [1.807, 2.05) is 31.3 Å². The molecule has 2 aromatic rings. The van der Waals surface area contributed by atoms with Crippen molar-refractivity contribution in [2.45, 2.75) is 0 Å². The lowest BCUT2D eigenvalue weighted by atomic mass is 10.3. The highest BCUT2D eigenvalue weighted by Crippen LogP contribution is 2.14. The first-order valence-corrected chi connectivity index (χ1v) is 5.75. The number of hydrogen-bond acceptors (Lipinski definition) is 4. The van der Waals surface area contributed by atoms with Crippen LogP contribution >= 0.6 is 0 Å². The molecule has 0 unspecified atom stereocenters. The largest absolute Gasteiger partial charge is 0.399 e. The minimum Gasteiger partial charge on any atom is -0.399 e. The Hall–Kier alpha value is -2.69. The lowest BCUT2D eigenvalue weighted by Crippen LogP contribution is -1.93. The van der Waals surface area contributed by atoms with E-state index >= 15 is 0 Å². The summed E-state index contributed by atoms with van der Waals surface area (Å²) in [6, 6.07) is 14.6. The van der Waals surface area contributed by atoms with Gasteiger partial charge in [-0.15, -0.1) is 0 Å². The van der Waals surface area contributed by atoms with Crippen LogP contribution in [-0.4, -0.2) is 13.5 Å². The molecular formula is C14H18N4O. The SMILES string of the molecule is CNc1ccccc1N.Nc1ccc(NC=O)cc1. The molecular weight excluding hydrogens is 240 g/mol. The van der Waals surface area contributed by atoms with Crippen LogP contribution in [0.2, 0.25) is 0 Å². The number of benzene rings is 2. The summed E-state index contributed by atoms with van der Waals surface area (Å²) in [6.07, 6.45) is 0.630. The normalized spacial score (nSPS) is 8.89. The highest BCUT2D eigenvalue weighted by molar-refractivity contribution is 5.71. The predicted octanol–water partition coefficient (Wildman–Crippen LogP) is 2.15. The van der Waals surface area contributed by atoms with Crippen LogP contribution in [0.4, 0.5) is 22.7 Å². The molecule has 0 spiro atoms. The molecule has 1 amide bonds. The third-order valence-corrected chi connectivity index (χ3v) is 2.37. The summed E-state index contributed by atoms with van der Waals surface area (Å²) in [4.78, 5) is 9.92. The van der Waals surface area contributed by atoms with E-state index in [1.54, 1.807) is 24.3 Å². The maximum Gasteiger partial charge on any atom is 0.211 e. The van der Waals surface area contributed by atoms with Crippen LogP contribution in [0.25, 0.3) is 0 Å². The lowest BCUT2D eigenvalue weighted by molar-refractivity contribution is -0.105. The second kappa shape index (κ2) is 7.60. The maximum atomic E-state index is 9.92. The van der Waals surface area contributed by atoms with Crippen LogP contribution < -0.4 is 22.1 Å². The lowest BCUT2D eigenvalue weighted by Gasteiger charge is -2.01. The van der Waals surface area contributed by atoms with Crippen molar-refractivity contribution < 1.29 is 4.79 Å². The van der Waals surface area contributed by atoms with Crippen molar-refractivity contribution in [1.29, 1.82) is 0 Å². The van der Waals surface area contributed by atoms with Crippen molar-refractivity contribution in [3.8, 4) is 0 Å². The summed E-state index contributed by atoms with van der Waals surface area (Å²) >= 11 is 0. The van der Waals surface area contributed by atoms with Gasteiger partial charge in [0.1, 0.15) is 0 Å². The monoisotopic (exact) mass is 258 g/mol. The molecule has 6 N–H and O–H groups in total. The molecule has 0 saturated carbocycles. The van der Waals surface area contributed by atoms with E-state index in [0.29, 0.717) is 12.1 Å². The van der Waals surface area contributed by atoms with Gasteiger partial charge < -0.3 is 22.1 Å². The molecule has 0 aliphatic carbocycles. The molecule has 19 heavy (non-hydrogen) atoms. The summed E-state index contributed by atoms with van der Waals surface area (Å²) in [7, 11) is 1.85. The Bertz CT molecular complexity index is 511. The van der Waals surface area contributed by atoms with Crippen LogP contribution in [0.1, 0.15) is 0 Å². The number of para-hydroxylation sites is 2. The summed E-state index contributed by atoms with van der Waals surface area (Å²) < 4.78 is 0. The zero-order valence-corrected chi connectivity index (χ0v) is 10.8. The van der Waals surface area contributed by atoms with E-state index in [4.69, 9.17) is 11.5 Å². The first kappa shape index (κ1) is 14.4. The van der Waals surface area contributed by atoms with Crippen molar-refractivity contribution in [2.75, 3.05) is 29.1 Å². The zero-order chi connectivity index (χ0) is 14.1. The van der Waals surface area contributed by atoms with Crippen molar-refractivity contribution in [2.24, 2.45) is 0 Å².